The number of hydrogen-bond donors (Lipinski definition) is 0. The zero-order chi connectivity index (χ0) is 10.9. The molecule has 1 aromatic carbocycles. The van der Waals surface area contributed by atoms with Gasteiger partial charge in [-0.2, -0.15) is 10.4 Å². The molecule has 1 heterocycles. The summed E-state index contributed by atoms with van der Waals surface area (Å²) in [5.41, 5.74) is 0.757. The first kappa shape index (κ1) is 9.72. The number of hydrogen-bond acceptors (Lipinski definition) is 3. The minimum Gasteiger partial charge on any atom is -0.259 e. The van der Waals surface area contributed by atoms with Gasteiger partial charge in [-0.3, -0.25) is 5.01 Å². The van der Waals surface area contributed by atoms with Gasteiger partial charge >= 0.3 is 0 Å². The Labute approximate surface area is 89.6 Å². The first-order valence-corrected chi connectivity index (χ1v) is 4.95. The Hall–Kier alpha value is -1.82. The van der Waals surface area contributed by atoms with Gasteiger partial charge in [0.2, 0.25) is 0 Å². The standard InChI is InChI=1S/C12H13N3/c1-12(2)10(8-13)9-14-15(12)11-6-4-3-5-7-11/h3-7,9-10H,1-2H3. The largest absolute Gasteiger partial charge is 0.259 e. The van der Waals surface area contributed by atoms with E-state index in [2.05, 4.69) is 11.2 Å². The van der Waals surface area contributed by atoms with Crippen molar-refractivity contribution in [3.05, 3.63) is 30.3 Å². The van der Waals surface area contributed by atoms with Crippen LogP contribution in [0.25, 0.3) is 0 Å². The van der Waals surface area contributed by atoms with Crippen molar-refractivity contribution in [2.75, 3.05) is 5.01 Å². The van der Waals surface area contributed by atoms with Crippen LogP contribution in [0.5, 0.6) is 0 Å². The van der Waals surface area contributed by atoms with E-state index in [-0.39, 0.29) is 11.5 Å². The highest BCUT2D eigenvalue weighted by molar-refractivity contribution is 5.74. The van der Waals surface area contributed by atoms with E-state index >= 15 is 0 Å². The number of para-hydroxylation sites is 1. The first-order chi connectivity index (χ1) is 7.16. The molecular formula is C12H13N3. The number of nitrogens with zero attached hydrogens (tertiary/aromatic N) is 3. The molecule has 0 saturated heterocycles. The van der Waals surface area contributed by atoms with Gasteiger partial charge < -0.3 is 0 Å². The van der Waals surface area contributed by atoms with E-state index in [9.17, 15) is 0 Å². The lowest BCUT2D eigenvalue weighted by molar-refractivity contribution is 0.460. The van der Waals surface area contributed by atoms with Crippen molar-refractivity contribution in [2.24, 2.45) is 11.0 Å². The molecule has 0 radical (unpaired) electrons. The van der Waals surface area contributed by atoms with Gasteiger partial charge in [-0.1, -0.05) is 18.2 Å². The van der Waals surface area contributed by atoms with Crippen molar-refractivity contribution in [3.63, 3.8) is 0 Å². The topological polar surface area (TPSA) is 39.4 Å². The molecule has 0 spiro atoms. The van der Waals surface area contributed by atoms with Gasteiger partial charge in [0.25, 0.3) is 0 Å². The van der Waals surface area contributed by atoms with Crippen molar-refractivity contribution in [1.29, 1.82) is 5.26 Å². The first-order valence-electron chi connectivity index (χ1n) is 4.95. The highest BCUT2D eigenvalue weighted by Gasteiger charge is 2.39. The molecule has 0 amide bonds. The fourth-order valence-electron chi connectivity index (χ4n) is 1.76. The van der Waals surface area contributed by atoms with Crippen LogP contribution in [0.15, 0.2) is 35.4 Å². The van der Waals surface area contributed by atoms with Gasteiger partial charge in [-0.25, -0.2) is 0 Å². The molecule has 0 saturated carbocycles. The normalized spacial score (nSPS) is 22.7. The molecule has 0 aliphatic carbocycles. The average molecular weight is 199 g/mol. The van der Waals surface area contributed by atoms with E-state index in [0.717, 1.165) is 5.69 Å². The molecule has 15 heavy (non-hydrogen) atoms. The monoisotopic (exact) mass is 199 g/mol. The Balaban J connectivity index is 2.35. The van der Waals surface area contributed by atoms with Gasteiger partial charge in [0, 0.05) is 6.21 Å². The fourth-order valence-corrected chi connectivity index (χ4v) is 1.76. The van der Waals surface area contributed by atoms with E-state index < -0.39 is 0 Å². The lowest BCUT2D eigenvalue weighted by Crippen LogP contribution is -2.41. The molecule has 1 aliphatic rings. The second-order valence-electron chi connectivity index (χ2n) is 4.17. The van der Waals surface area contributed by atoms with Crippen LogP contribution in [-0.4, -0.2) is 11.8 Å². The van der Waals surface area contributed by atoms with Crippen LogP contribution in [0, 0.1) is 17.2 Å². The Kier molecular flexibility index (Phi) is 2.20. The third kappa shape index (κ3) is 1.48. The van der Waals surface area contributed by atoms with E-state index in [4.69, 9.17) is 5.26 Å². The maximum absolute atomic E-state index is 9.00. The molecule has 1 aromatic rings. The molecule has 1 atom stereocenters. The summed E-state index contributed by atoms with van der Waals surface area (Å²) in [5.74, 6) is -0.155. The molecule has 1 aliphatic heterocycles. The van der Waals surface area contributed by atoms with Gasteiger partial charge in [0.15, 0.2) is 0 Å². The summed E-state index contributed by atoms with van der Waals surface area (Å²) in [4.78, 5) is 0. The maximum Gasteiger partial charge on any atom is 0.108 e. The third-order valence-corrected chi connectivity index (χ3v) is 2.78. The number of benzene rings is 1. The Bertz CT molecular complexity index is 414. The van der Waals surface area contributed by atoms with Crippen LogP contribution in [0.1, 0.15) is 13.8 Å². The number of hydrazone groups is 1. The van der Waals surface area contributed by atoms with Crippen molar-refractivity contribution in [3.8, 4) is 6.07 Å². The summed E-state index contributed by atoms with van der Waals surface area (Å²) in [7, 11) is 0. The summed E-state index contributed by atoms with van der Waals surface area (Å²) in [6, 6.07) is 12.2. The second-order valence-corrected chi connectivity index (χ2v) is 4.17. The van der Waals surface area contributed by atoms with E-state index in [1.165, 1.54) is 0 Å². The minimum atomic E-state index is -0.268. The molecular weight excluding hydrogens is 186 g/mol. The van der Waals surface area contributed by atoms with Crippen molar-refractivity contribution in [2.45, 2.75) is 19.4 Å². The molecule has 0 fully saturated rings. The number of anilines is 1. The molecule has 3 heteroatoms. The summed E-state index contributed by atoms with van der Waals surface area (Å²) >= 11 is 0. The maximum atomic E-state index is 9.00. The van der Waals surface area contributed by atoms with Crippen LogP contribution in [0.4, 0.5) is 5.69 Å². The Morgan fingerprint density at radius 3 is 2.53 bits per heavy atom. The van der Waals surface area contributed by atoms with Crippen molar-refractivity contribution < 1.29 is 0 Å². The van der Waals surface area contributed by atoms with E-state index in [0.29, 0.717) is 0 Å². The summed E-state index contributed by atoms with van der Waals surface area (Å²) in [6.45, 7) is 4.06. The molecule has 1 unspecified atom stereocenters. The summed E-state index contributed by atoms with van der Waals surface area (Å²) < 4.78 is 0. The van der Waals surface area contributed by atoms with Crippen LogP contribution in [-0.2, 0) is 0 Å². The molecule has 2 rings (SSSR count). The number of rotatable bonds is 1. The zero-order valence-electron chi connectivity index (χ0n) is 8.88. The van der Waals surface area contributed by atoms with Crippen LogP contribution >= 0.6 is 0 Å². The van der Waals surface area contributed by atoms with Crippen molar-refractivity contribution in [1.82, 2.24) is 0 Å². The van der Waals surface area contributed by atoms with Gasteiger partial charge in [-0.15, -0.1) is 0 Å². The van der Waals surface area contributed by atoms with Crippen LogP contribution in [0.3, 0.4) is 0 Å². The quantitative estimate of drug-likeness (QED) is 0.696. The van der Waals surface area contributed by atoms with Crippen molar-refractivity contribution >= 4 is 11.9 Å². The van der Waals surface area contributed by atoms with E-state index in [1.54, 1.807) is 6.21 Å². The minimum absolute atomic E-state index is 0.155. The van der Waals surface area contributed by atoms with Gasteiger partial charge in [-0.05, 0) is 26.0 Å². The fraction of sp³-hybridized carbons (Fsp3) is 0.333. The molecule has 0 bridgehead atoms. The molecule has 3 nitrogen and oxygen atoms in total. The highest BCUT2D eigenvalue weighted by atomic mass is 15.5. The zero-order valence-corrected chi connectivity index (χ0v) is 8.88. The van der Waals surface area contributed by atoms with Crippen LogP contribution in [0.2, 0.25) is 0 Å². The summed E-state index contributed by atoms with van der Waals surface area (Å²) in [5, 5.41) is 15.2. The SMILES string of the molecule is CC1(C)C(C#N)C=NN1c1ccccc1. The second kappa shape index (κ2) is 3.39. The molecule has 76 valence electrons. The predicted octanol–water partition coefficient (Wildman–Crippen LogP) is 2.41. The molecule has 0 aromatic heterocycles. The number of nitriles is 1. The third-order valence-electron chi connectivity index (χ3n) is 2.78. The molecule has 0 N–H and O–H groups in total. The van der Waals surface area contributed by atoms with Gasteiger partial charge in [0.1, 0.15) is 5.92 Å². The smallest absolute Gasteiger partial charge is 0.108 e. The van der Waals surface area contributed by atoms with Gasteiger partial charge in [0.05, 0.1) is 17.3 Å². The van der Waals surface area contributed by atoms with E-state index in [1.807, 2.05) is 49.2 Å². The lowest BCUT2D eigenvalue weighted by Gasteiger charge is -2.32. The Morgan fingerprint density at radius 1 is 1.33 bits per heavy atom. The average Bonchev–Trinajstić information content (AvgIpc) is 2.54. The van der Waals surface area contributed by atoms with Crippen LogP contribution < -0.4 is 5.01 Å². The highest BCUT2D eigenvalue weighted by Crippen LogP contribution is 2.33. The lowest BCUT2D eigenvalue weighted by atomic mass is 9.90. The Morgan fingerprint density at radius 2 is 2.00 bits per heavy atom. The predicted molar refractivity (Wildman–Crippen MR) is 60.6 cm³/mol. The summed E-state index contributed by atoms with van der Waals surface area (Å²) in [6.07, 6.45) is 1.72.